The number of likely N-dealkylation sites (N-methyl/N-ethyl adjacent to an activating group) is 1. The molecular weight excluding hydrogens is 496 g/mol. The van der Waals surface area contributed by atoms with Crippen LogP contribution in [0.2, 0.25) is 0 Å². The SMILES string of the molecule is CCN(CC)CCOc1c(C)n(S(=O)(=O)c2ccc3ccccc3c2)c2ccccc12.O=C(O)C(=O)O. The fourth-order valence-electron chi connectivity index (χ4n) is 4.05. The quantitative estimate of drug-likeness (QED) is 0.327. The van der Waals surface area contributed by atoms with Gasteiger partial charge in [-0.15, -0.1) is 0 Å². The molecule has 0 aliphatic rings. The predicted octanol–water partition coefficient (Wildman–Crippen LogP) is 4.22. The molecule has 0 amide bonds. The third kappa shape index (κ3) is 6.10. The first-order chi connectivity index (χ1) is 17.6. The highest BCUT2D eigenvalue weighted by atomic mass is 32.2. The van der Waals surface area contributed by atoms with Crippen molar-refractivity contribution in [3.63, 3.8) is 0 Å². The summed E-state index contributed by atoms with van der Waals surface area (Å²) in [6.45, 7) is 9.27. The van der Waals surface area contributed by atoms with Crippen LogP contribution >= 0.6 is 0 Å². The average molecular weight is 527 g/mol. The van der Waals surface area contributed by atoms with Crippen molar-refractivity contribution >= 4 is 43.6 Å². The zero-order chi connectivity index (χ0) is 27.2. The normalized spacial score (nSPS) is 11.4. The number of carboxylic acids is 2. The molecule has 0 bridgehead atoms. The van der Waals surface area contributed by atoms with Gasteiger partial charge in [0.15, 0.2) is 0 Å². The third-order valence-corrected chi connectivity index (χ3v) is 7.79. The summed E-state index contributed by atoms with van der Waals surface area (Å²) >= 11 is 0. The summed E-state index contributed by atoms with van der Waals surface area (Å²) in [6.07, 6.45) is 0. The van der Waals surface area contributed by atoms with Gasteiger partial charge in [-0.2, -0.15) is 0 Å². The van der Waals surface area contributed by atoms with Crippen LogP contribution in [0.25, 0.3) is 21.7 Å². The van der Waals surface area contributed by atoms with Crippen LogP contribution in [0.15, 0.2) is 71.6 Å². The zero-order valence-corrected chi connectivity index (χ0v) is 21.7. The van der Waals surface area contributed by atoms with E-state index in [2.05, 4.69) is 18.7 Å². The van der Waals surface area contributed by atoms with Gasteiger partial charge >= 0.3 is 11.9 Å². The van der Waals surface area contributed by atoms with Crippen LogP contribution in [-0.4, -0.2) is 65.7 Å². The second kappa shape index (κ2) is 11.9. The zero-order valence-electron chi connectivity index (χ0n) is 20.9. The molecule has 0 aliphatic carbocycles. The molecule has 9 nitrogen and oxygen atoms in total. The van der Waals surface area contributed by atoms with Crippen molar-refractivity contribution in [3.05, 3.63) is 72.4 Å². The van der Waals surface area contributed by atoms with Crippen molar-refractivity contribution in [2.75, 3.05) is 26.2 Å². The number of nitrogens with zero attached hydrogens (tertiary/aromatic N) is 2. The van der Waals surface area contributed by atoms with E-state index in [1.165, 1.54) is 3.97 Å². The fraction of sp³-hybridized carbons (Fsp3) is 0.259. The molecule has 0 saturated heterocycles. The molecule has 10 heteroatoms. The number of carbonyl (C=O) groups is 2. The van der Waals surface area contributed by atoms with Crippen molar-refractivity contribution in [1.82, 2.24) is 8.87 Å². The largest absolute Gasteiger partial charge is 0.490 e. The molecule has 0 saturated carbocycles. The lowest BCUT2D eigenvalue weighted by Crippen LogP contribution is -2.28. The van der Waals surface area contributed by atoms with E-state index in [0.29, 0.717) is 23.6 Å². The summed E-state index contributed by atoms with van der Waals surface area (Å²) in [5.74, 6) is -3.02. The Labute approximate surface area is 215 Å². The Bertz CT molecular complexity index is 1510. The summed E-state index contributed by atoms with van der Waals surface area (Å²) in [6, 6.07) is 20.5. The summed E-state index contributed by atoms with van der Waals surface area (Å²) in [5.41, 5.74) is 1.22. The van der Waals surface area contributed by atoms with Gasteiger partial charge in [-0.1, -0.05) is 56.3 Å². The highest BCUT2D eigenvalue weighted by Crippen LogP contribution is 2.36. The number of hydrogen-bond donors (Lipinski definition) is 2. The Kier molecular flexibility index (Phi) is 8.90. The van der Waals surface area contributed by atoms with E-state index in [-0.39, 0.29) is 4.90 Å². The molecule has 1 aromatic heterocycles. The van der Waals surface area contributed by atoms with E-state index in [1.807, 2.05) is 61.5 Å². The summed E-state index contributed by atoms with van der Waals surface area (Å²) in [7, 11) is -3.79. The molecule has 196 valence electrons. The number of benzene rings is 3. The molecule has 0 atom stereocenters. The third-order valence-electron chi connectivity index (χ3n) is 5.99. The number of aromatic nitrogens is 1. The van der Waals surface area contributed by atoms with Crippen LogP contribution in [0.5, 0.6) is 5.75 Å². The molecule has 3 aromatic carbocycles. The van der Waals surface area contributed by atoms with Gasteiger partial charge in [0, 0.05) is 11.9 Å². The Morgan fingerprint density at radius 2 is 1.49 bits per heavy atom. The average Bonchev–Trinajstić information content (AvgIpc) is 3.18. The maximum Gasteiger partial charge on any atom is 0.414 e. The highest BCUT2D eigenvalue weighted by Gasteiger charge is 2.26. The smallest absolute Gasteiger partial charge is 0.414 e. The van der Waals surface area contributed by atoms with Crippen LogP contribution in [0.4, 0.5) is 0 Å². The maximum atomic E-state index is 13.7. The number of carboxylic acid groups (broad SMARTS) is 2. The minimum Gasteiger partial charge on any atom is -0.490 e. The molecule has 0 fully saturated rings. The first-order valence-corrected chi connectivity index (χ1v) is 13.2. The molecule has 2 N–H and O–H groups in total. The lowest BCUT2D eigenvalue weighted by atomic mass is 10.1. The number of hydrogen-bond acceptors (Lipinski definition) is 6. The lowest BCUT2D eigenvalue weighted by molar-refractivity contribution is -0.159. The van der Waals surface area contributed by atoms with Crippen molar-refractivity contribution in [2.24, 2.45) is 0 Å². The first kappa shape index (κ1) is 27.7. The second-order valence-corrected chi connectivity index (χ2v) is 9.98. The number of fused-ring (bicyclic) bond motifs is 2. The molecule has 4 rings (SSSR count). The molecule has 0 unspecified atom stereocenters. The number of ether oxygens (including phenoxy) is 1. The Hall–Kier alpha value is -3.89. The molecule has 1 heterocycles. The van der Waals surface area contributed by atoms with Crippen LogP contribution in [0, 0.1) is 6.92 Å². The minimum atomic E-state index is -3.79. The van der Waals surface area contributed by atoms with Gasteiger partial charge < -0.3 is 19.8 Å². The molecule has 0 spiro atoms. The summed E-state index contributed by atoms with van der Waals surface area (Å²) < 4.78 is 35.0. The lowest BCUT2D eigenvalue weighted by Gasteiger charge is -2.18. The Morgan fingerprint density at radius 1 is 0.892 bits per heavy atom. The molecule has 37 heavy (non-hydrogen) atoms. The van der Waals surface area contributed by atoms with Crippen LogP contribution in [0.3, 0.4) is 0 Å². The van der Waals surface area contributed by atoms with Crippen molar-refractivity contribution in [3.8, 4) is 5.75 Å². The highest BCUT2D eigenvalue weighted by molar-refractivity contribution is 7.90. The van der Waals surface area contributed by atoms with Gasteiger partial charge in [0.1, 0.15) is 12.4 Å². The van der Waals surface area contributed by atoms with Crippen molar-refractivity contribution in [2.45, 2.75) is 25.7 Å². The van der Waals surface area contributed by atoms with Gasteiger partial charge in [0.25, 0.3) is 10.0 Å². The molecule has 0 aliphatic heterocycles. The molecule has 4 aromatic rings. The van der Waals surface area contributed by atoms with Gasteiger partial charge in [0.2, 0.25) is 0 Å². The fourth-order valence-corrected chi connectivity index (χ4v) is 5.64. The van der Waals surface area contributed by atoms with E-state index in [9.17, 15) is 8.42 Å². The monoisotopic (exact) mass is 526 g/mol. The molecule has 0 radical (unpaired) electrons. The van der Waals surface area contributed by atoms with E-state index in [1.54, 1.807) is 12.1 Å². The Balaban J connectivity index is 0.000000568. The minimum absolute atomic E-state index is 0.268. The van der Waals surface area contributed by atoms with Gasteiger partial charge in [0.05, 0.1) is 16.1 Å². The number of para-hydroxylation sites is 1. The van der Waals surface area contributed by atoms with Crippen LogP contribution in [-0.2, 0) is 19.6 Å². The van der Waals surface area contributed by atoms with Gasteiger partial charge in [-0.3, -0.25) is 0 Å². The van der Waals surface area contributed by atoms with Crippen molar-refractivity contribution < 1.29 is 33.0 Å². The standard InChI is InChI=1S/C25H28N2O3S.C2H2O4/c1-4-26(5-2)16-17-30-25-19(3)27(24-13-9-8-12-23(24)25)31(28,29)22-15-14-20-10-6-7-11-21(20)18-22;3-1(4)2(5)6/h6-15,18H,4-5,16-17H2,1-3H3;(H,3,4)(H,5,6). The number of rotatable bonds is 8. The summed E-state index contributed by atoms with van der Waals surface area (Å²) in [4.78, 5) is 20.7. The van der Waals surface area contributed by atoms with Gasteiger partial charge in [-0.05, 0) is 55.1 Å². The van der Waals surface area contributed by atoms with Crippen LogP contribution < -0.4 is 4.74 Å². The van der Waals surface area contributed by atoms with Gasteiger partial charge in [-0.25, -0.2) is 22.0 Å². The number of aliphatic carboxylic acids is 2. The first-order valence-electron chi connectivity index (χ1n) is 11.8. The van der Waals surface area contributed by atoms with E-state index >= 15 is 0 Å². The maximum absolute atomic E-state index is 13.7. The van der Waals surface area contributed by atoms with Crippen molar-refractivity contribution in [1.29, 1.82) is 0 Å². The second-order valence-electron chi connectivity index (χ2n) is 8.20. The van der Waals surface area contributed by atoms with E-state index in [0.717, 1.165) is 35.8 Å². The topological polar surface area (TPSA) is 126 Å². The predicted molar refractivity (Wildman–Crippen MR) is 142 cm³/mol. The Morgan fingerprint density at radius 3 is 2.11 bits per heavy atom. The summed E-state index contributed by atoms with van der Waals surface area (Å²) in [5, 5.41) is 17.5. The van der Waals surface area contributed by atoms with E-state index in [4.69, 9.17) is 24.5 Å². The molecular formula is C27H30N2O7S. The van der Waals surface area contributed by atoms with E-state index < -0.39 is 22.0 Å². The van der Waals surface area contributed by atoms with Crippen LogP contribution in [0.1, 0.15) is 19.5 Å².